The van der Waals surface area contributed by atoms with E-state index in [0.717, 1.165) is 25.7 Å². The number of carbonyl (C=O) groups is 2. The fraction of sp³-hybridized carbons (Fsp3) is 0.438. The SMILES string of the molecule is NCC1CCC(C(=O)Nc2ccnc3[nH]cc(C(N)=O)c23)CC1. The van der Waals surface area contributed by atoms with E-state index in [1.807, 2.05) is 0 Å². The Morgan fingerprint density at radius 2 is 2.04 bits per heavy atom. The molecule has 2 heterocycles. The summed E-state index contributed by atoms with van der Waals surface area (Å²) in [6, 6.07) is 1.69. The number of hydrogen-bond donors (Lipinski definition) is 4. The van der Waals surface area contributed by atoms with Gasteiger partial charge in [-0.2, -0.15) is 0 Å². The minimum Gasteiger partial charge on any atom is -0.366 e. The third-order valence-electron chi connectivity index (χ3n) is 4.65. The summed E-state index contributed by atoms with van der Waals surface area (Å²) in [4.78, 5) is 31.1. The normalized spacial score (nSPS) is 21.3. The first-order chi connectivity index (χ1) is 11.1. The van der Waals surface area contributed by atoms with E-state index in [9.17, 15) is 9.59 Å². The zero-order chi connectivity index (χ0) is 16.4. The molecule has 0 aliphatic heterocycles. The molecule has 0 radical (unpaired) electrons. The molecule has 2 aromatic heterocycles. The Labute approximate surface area is 133 Å². The van der Waals surface area contributed by atoms with Crippen molar-refractivity contribution in [3.8, 4) is 0 Å². The number of primary amides is 1. The van der Waals surface area contributed by atoms with Gasteiger partial charge in [0.2, 0.25) is 5.91 Å². The second-order valence-corrected chi connectivity index (χ2v) is 6.09. The molecule has 1 fully saturated rings. The first-order valence-electron chi connectivity index (χ1n) is 7.87. The summed E-state index contributed by atoms with van der Waals surface area (Å²) in [5.74, 6) is -0.0670. The molecule has 0 aromatic carbocycles. The Balaban J connectivity index is 1.80. The summed E-state index contributed by atoms with van der Waals surface area (Å²) in [5.41, 5.74) is 12.5. The van der Waals surface area contributed by atoms with Crippen LogP contribution in [0.15, 0.2) is 18.5 Å². The number of nitrogens with two attached hydrogens (primary N) is 2. The zero-order valence-electron chi connectivity index (χ0n) is 12.8. The van der Waals surface area contributed by atoms with Crippen LogP contribution in [0.2, 0.25) is 0 Å². The third-order valence-corrected chi connectivity index (χ3v) is 4.65. The van der Waals surface area contributed by atoms with Gasteiger partial charge in [-0.25, -0.2) is 4.98 Å². The van der Waals surface area contributed by atoms with Crippen LogP contribution in [0.3, 0.4) is 0 Å². The molecule has 0 spiro atoms. The maximum Gasteiger partial charge on any atom is 0.251 e. The molecule has 23 heavy (non-hydrogen) atoms. The Kier molecular flexibility index (Phi) is 4.29. The van der Waals surface area contributed by atoms with Gasteiger partial charge < -0.3 is 21.8 Å². The number of rotatable bonds is 4. The number of aromatic nitrogens is 2. The van der Waals surface area contributed by atoms with Crippen LogP contribution >= 0.6 is 0 Å². The molecule has 2 aromatic rings. The van der Waals surface area contributed by atoms with Crippen molar-refractivity contribution in [1.82, 2.24) is 9.97 Å². The van der Waals surface area contributed by atoms with Gasteiger partial charge in [0.25, 0.3) is 5.91 Å². The minimum absolute atomic E-state index is 0.0167. The van der Waals surface area contributed by atoms with Gasteiger partial charge in [-0.1, -0.05) is 0 Å². The van der Waals surface area contributed by atoms with Crippen molar-refractivity contribution in [1.29, 1.82) is 0 Å². The van der Waals surface area contributed by atoms with E-state index in [2.05, 4.69) is 15.3 Å². The van der Waals surface area contributed by atoms with Gasteiger partial charge in [-0.05, 0) is 44.2 Å². The molecule has 2 amide bonds. The van der Waals surface area contributed by atoms with Crippen molar-refractivity contribution in [3.05, 3.63) is 24.0 Å². The fourth-order valence-corrected chi connectivity index (χ4v) is 3.25. The molecule has 0 atom stereocenters. The standard InChI is InChI=1S/C16H21N5O2/c17-7-9-1-3-10(4-2-9)16(23)21-12-5-6-19-15-13(12)11(8-20-15)14(18)22/h5-6,8-10H,1-4,7,17H2,(H2,18,22)(H2,19,20,21,23). The number of aromatic amines is 1. The van der Waals surface area contributed by atoms with Crippen LogP contribution < -0.4 is 16.8 Å². The fourth-order valence-electron chi connectivity index (χ4n) is 3.25. The second kappa shape index (κ2) is 6.37. The summed E-state index contributed by atoms with van der Waals surface area (Å²) in [7, 11) is 0. The highest BCUT2D eigenvalue weighted by molar-refractivity contribution is 6.12. The minimum atomic E-state index is -0.553. The van der Waals surface area contributed by atoms with Crippen molar-refractivity contribution in [3.63, 3.8) is 0 Å². The number of amides is 2. The summed E-state index contributed by atoms with van der Waals surface area (Å²) in [5, 5.41) is 3.49. The molecule has 0 bridgehead atoms. The molecular weight excluding hydrogens is 294 g/mol. The van der Waals surface area contributed by atoms with Gasteiger partial charge in [-0.15, -0.1) is 0 Å². The van der Waals surface area contributed by atoms with Gasteiger partial charge in [-0.3, -0.25) is 9.59 Å². The highest BCUT2D eigenvalue weighted by Crippen LogP contribution is 2.30. The molecule has 0 unspecified atom stereocenters. The van der Waals surface area contributed by atoms with Crippen LogP contribution in [0.1, 0.15) is 36.0 Å². The first-order valence-corrected chi connectivity index (χ1v) is 7.87. The summed E-state index contributed by atoms with van der Waals surface area (Å²) in [6.45, 7) is 0.685. The number of anilines is 1. The lowest BCUT2D eigenvalue weighted by molar-refractivity contribution is -0.121. The Hall–Kier alpha value is -2.41. The van der Waals surface area contributed by atoms with Crippen molar-refractivity contribution in [2.75, 3.05) is 11.9 Å². The molecule has 7 heteroatoms. The average molecular weight is 315 g/mol. The predicted molar refractivity (Wildman–Crippen MR) is 87.7 cm³/mol. The van der Waals surface area contributed by atoms with Crippen molar-refractivity contribution < 1.29 is 9.59 Å². The first kappa shape index (κ1) is 15.5. The number of pyridine rings is 1. The number of hydrogen-bond acceptors (Lipinski definition) is 4. The molecule has 6 N–H and O–H groups in total. The van der Waals surface area contributed by atoms with Crippen LogP contribution in [0.5, 0.6) is 0 Å². The maximum absolute atomic E-state index is 12.5. The average Bonchev–Trinajstić information content (AvgIpc) is 3.00. The summed E-state index contributed by atoms with van der Waals surface area (Å²) in [6.07, 6.45) is 6.76. The number of H-pyrrole nitrogens is 1. The molecule has 3 rings (SSSR count). The van der Waals surface area contributed by atoms with E-state index < -0.39 is 5.91 Å². The highest BCUT2D eigenvalue weighted by atomic mass is 16.2. The lowest BCUT2D eigenvalue weighted by Crippen LogP contribution is -2.29. The van der Waals surface area contributed by atoms with Crippen molar-refractivity contribution in [2.45, 2.75) is 25.7 Å². The summed E-state index contributed by atoms with van der Waals surface area (Å²) >= 11 is 0. The maximum atomic E-state index is 12.5. The topological polar surface area (TPSA) is 127 Å². The van der Waals surface area contributed by atoms with E-state index in [1.54, 1.807) is 12.3 Å². The quantitative estimate of drug-likeness (QED) is 0.679. The van der Waals surface area contributed by atoms with E-state index in [1.165, 1.54) is 6.20 Å². The molecular formula is C16H21N5O2. The lowest BCUT2D eigenvalue weighted by atomic mass is 9.81. The number of nitrogens with zero attached hydrogens (tertiary/aromatic N) is 1. The third kappa shape index (κ3) is 3.05. The van der Waals surface area contributed by atoms with E-state index in [0.29, 0.717) is 34.7 Å². The lowest BCUT2D eigenvalue weighted by Gasteiger charge is -2.26. The van der Waals surface area contributed by atoms with Gasteiger partial charge in [0.1, 0.15) is 5.65 Å². The molecule has 1 aliphatic rings. The van der Waals surface area contributed by atoms with Crippen LogP contribution in [-0.4, -0.2) is 28.3 Å². The van der Waals surface area contributed by atoms with Gasteiger partial charge >= 0.3 is 0 Å². The monoisotopic (exact) mass is 315 g/mol. The molecule has 0 saturated heterocycles. The highest BCUT2D eigenvalue weighted by Gasteiger charge is 2.26. The predicted octanol–water partition coefficient (Wildman–Crippen LogP) is 1.37. The van der Waals surface area contributed by atoms with E-state index in [4.69, 9.17) is 11.5 Å². The smallest absolute Gasteiger partial charge is 0.251 e. The molecule has 7 nitrogen and oxygen atoms in total. The largest absolute Gasteiger partial charge is 0.366 e. The van der Waals surface area contributed by atoms with E-state index >= 15 is 0 Å². The van der Waals surface area contributed by atoms with Crippen LogP contribution in [-0.2, 0) is 4.79 Å². The van der Waals surface area contributed by atoms with Gasteiger partial charge in [0.05, 0.1) is 16.6 Å². The molecule has 1 aliphatic carbocycles. The van der Waals surface area contributed by atoms with Crippen LogP contribution in [0, 0.1) is 11.8 Å². The van der Waals surface area contributed by atoms with Crippen molar-refractivity contribution in [2.24, 2.45) is 23.3 Å². The van der Waals surface area contributed by atoms with Gasteiger partial charge in [0.15, 0.2) is 0 Å². The molecule has 1 saturated carbocycles. The van der Waals surface area contributed by atoms with Crippen LogP contribution in [0.4, 0.5) is 5.69 Å². The van der Waals surface area contributed by atoms with Crippen molar-refractivity contribution >= 4 is 28.5 Å². The van der Waals surface area contributed by atoms with Gasteiger partial charge in [0, 0.05) is 18.3 Å². The molecule has 122 valence electrons. The van der Waals surface area contributed by atoms with Crippen LogP contribution in [0.25, 0.3) is 11.0 Å². The Morgan fingerprint density at radius 1 is 1.30 bits per heavy atom. The number of carbonyl (C=O) groups excluding carboxylic acids is 2. The summed E-state index contributed by atoms with van der Waals surface area (Å²) < 4.78 is 0. The number of nitrogens with one attached hydrogen (secondary N) is 2. The second-order valence-electron chi connectivity index (χ2n) is 6.09. The Morgan fingerprint density at radius 3 is 2.70 bits per heavy atom. The Bertz CT molecular complexity index is 731. The van der Waals surface area contributed by atoms with E-state index in [-0.39, 0.29) is 11.8 Å². The number of fused-ring (bicyclic) bond motifs is 1. The zero-order valence-corrected chi connectivity index (χ0v) is 12.8.